The summed E-state index contributed by atoms with van der Waals surface area (Å²) < 4.78 is 18.3. The summed E-state index contributed by atoms with van der Waals surface area (Å²) in [5, 5.41) is 3.43. The van der Waals surface area contributed by atoms with Gasteiger partial charge in [0.05, 0.1) is 6.04 Å². The second-order valence-electron chi connectivity index (χ2n) is 5.04. The molecule has 22 heavy (non-hydrogen) atoms. The number of benzene rings is 2. The highest BCUT2D eigenvalue weighted by molar-refractivity contribution is 6.30. The van der Waals surface area contributed by atoms with Crippen LogP contribution in [0.2, 0.25) is 5.02 Å². The van der Waals surface area contributed by atoms with Gasteiger partial charge < -0.3 is 10.1 Å². The summed E-state index contributed by atoms with van der Waals surface area (Å²) in [5.74, 6) is 0.0731. The predicted molar refractivity (Wildman–Crippen MR) is 84.6 cm³/mol. The Labute approximate surface area is 134 Å². The number of amides is 1. The van der Waals surface area contributed by atoms with E-state index in [4.69, 9.17) is 16.3 Å². The minimum absolute atomic E-state index is 0.0893. The summed E-state index contributed by atoms with van der Waals surface area (Å²) in [6, 6.07) is 11.0. The molecule has 0 bridgehead atoms. The zero-order chi connectivity index (χ0) is 16.1. The molecule has 0 heterocycles. The smallest absolute Gasteiger partial charge is 0.258 e. The Bertz CT molecular complexity index is 658. The van der Waals surface area contributed by atoms with Crippen LogP contribution < -0.4 is 10.1 Å². The van der Waals surface area contributed by atoms with Gasteiger partial charge in [0, 0.05) is 5.02 Å². The molecular weight excluding hydrogens is 305 g/mol. The quantitative estimate of drug-likeness (QED) is 0.902. The van der Waals surface area contributed by atoms with Crippen molar-refractivity contribution in [3.8, 4) is 5.75 Å². The maximum Gasteiger partial charge on any atom is 0.258 e. The number of aryl methyl sites for hydroxylation is 1. The largest absolute Gasteiger partial charge is 0.484 e. The van der Waals surface area contributed by atoms with Crippen LogP contribution in [0.4, 0.5) is 4.39 Å². The van der Waals surface area contributed by atoms with Crippen LogP contribution in [0.15, 0.2) is 42.5 Å². The molecule has 0 saturated carbocycles. The van der Waals surface area contributed by atoms with Crippen LogP contribution in [0.1, 0.15) is 24.1 Å². The summed E-state index contributed by atoms with van der Waals surface area (Å²) >= 11 is 5.87. The van der Waals surface area contributed by atoms with E-state index in [1.165, 1.54) is 12.1 Å². The Morgan fingerprint density at radius 1 is 1.27 bits per heavy atom. The van der Waals surface area contributed by atoms with Gasteiger partial charge in [-0.1, -0.05) is 23.7 Å². The predicted octanol–water partition coefficient (Wildman–Crippen LogP) is 4.04. The number of nitrogens with one attached hydrogen (secondary N) is 1. The first kappa shape index (κ1) is 16.3. The van der Waals surface area contributed by atoms with Crippen molar-refractivity contribution in [1.29, 1.82) is 0 Å². The average molecular weight is 322 g/mol. The van der Waals surface area contributed by atoms with Gasteiger partial charge in [0.1, 0.15) is 11.6 Å². The van der Waals surface area contributed by atoms with Crippen LogP contribution in [-0.2, 0) is 4.79 Å². The number of halogens is 2. The minimum Gasteiger partial charge on any atom is -0.484 e. The van der Waals surface area contributed by atoms with E-state index in [1.54, 1.807) is 30.3 Å². The number of hydrogen-bond donors (Lipinski definition) is 1. The second-order valence-corrected chi connectivity index (χ2v) is 5.48. The molecule has 116 valence electrons. The molecule has 2 aromatic rings. The molecule has 0 aliphatic carbocycles. The van der Waals surface area contributed by atoms with Crippen molar-refractivity contribution in [2.24, 2.45) is 0 Å². The van der Waals surface area contributed by atoms with Crippen molar-refractivity contribution >= 4 is 17.5 Å². The topological polar surface area (TPSA) is 38.3 Å². The fourth-order valence-corrected chi connectivity index (χ4v) is 2.26. The maximum absolute atomic E-state index is 12.9. The molecule has 5 heteroatoms. The Balaban J connectivity index is 1.88. The van der Waals surface area contributed by atoms with Gasteiger partial charge in [-0.3, -0.25) is 4.79 Å². The number of carbonyl (C=O) groups is 1. The molecule has 0 fully saturated rings. The van der Waals surface area contributed by atoms with Gasteiger partial charge in [0.25, 0.3) is 5.91 Å². The van der Waals surface area contributed by atoms with E-state index in [0.717, 1.165) is 11.1 Å². The lowest BCUT2D eigenvalue weighted by atomic mass is 10.1. The minimum atomic E-state index is -0.302. The molecule has 1 unspecified atom stereocenters. The van der Waals surface area contributed by atoms with Crippen molar-refractivity contribution < 1.29 is 13.9 Å². The van der Waals surface area contributed by atoms with Gasteiger partial charge in [-0.15, -0.1) is 0 Å². The highest BCUT2D eigenvalue weighted by Gasteiger charge is 2.11. The SMILES string of the molecule is Cc1cc(Cl)ccc1OCC(=O)NC(C)c1ccc(F)cc1. The zero-order valence-electron chi connectivity index (χ0n) is 12.4. The normalized spacial score (nSPS) is 11.8. The summed E-state index contributed by atoms with van der Waals surface area (Å²) in [6.07, 6.45) is 0. The summed E-state index contributed by atoms with van der Waals surface area (Å²) in [4.78, 5) is 11.9. The molecule has 0 saturated heterocycles. The average Bonchev–Trinajstić information content (AvgIpc) is 2.47. The number of hydrogen-bond acceptors (Lipinski definition) is 2. The summed E-state index contributed by atoms with van der Waals surface area (Å²) in [6.45, 7) is 3.60. The molecule has 1 atom stereocenters. The molecular formula is C17H17ClFNO2. The van der Waals surface area contributed by atoms with Gasteiger partial charge in [0.15, 0.2) is 6.61 Å². The van der Waals surface area contributed by atoms with Crippen LogP contribution in [0.3, 0.4) is 0 Å². The standard InChI is InChI=1S/C17H17ClFNO2/c1-11-9-14(18)5-8-16(11)22-10-17(21)20-12(2)13-3-6-15(19)7-4-13/h3-9,12H,10H2,1-2H3,(H,20,21). The first-order valence-electron chi connectivity index (χ1n) is 6.89. The molecule has 2 rings (SSSR count). The highest BCUT2D eigenvalue weighted by atomic mass is 35.5. The molecule has 2 aromatic carbocycles. The fourth-order valence-electron chi connectivity index (χ4n) is 2.04. The number of carbonyl (C=O) groups excluding carboxylic acids is 1. The van der Waals surface area contributed by atoms with Crippen molar-refractivity contribution in [3.63, 3.8) is 0 Å². The molecule has 1 amide bonds. The molecule has 0 aliphatic heterocycles. The van der Waals surface area contributed by atoms with Crippen LogP contribution in [0, 0.1) is 12.7 Å². The van der Waals surface area contributed by atoms with Crippen molar-refractivity contribution in [2.45, 2.75) is 19.9 Å². The highest BCUT2D eigenvalue weighted by Crippen LogP contribution is 2.21. The van der Waals surface area contributed by atoms with E-state index < -0.39 is 0 Å². The Morgan fingerprint density at radius 2 is 1.95 bits per heavy atom. The zero-order valence-corrected chi connectivity index (χ0v) is 13.2. The molecule has 0 radical (unpaired) electrons. The summed E-state index contributed by atoms with van der Waals surface area (Å²) in [7, 11) is 0. The van der Waals surface area contributed by atoms with Gasteiger partial charge in [-0.2, -0.15) is 0 Å². The third kappa shape index (κ3) is 4.46. The van der Waals surface area contributed by atoms with Crippen molar-refractivity contribution in [2.75, 3.05) is 6.61 Å². The maximum atomic E-state index is 12.9. The van der Waals surface area contributed by atoms with Gasteiger partial charge in [-0.05, 0) is 55.3 Å². The number of ether oxygens (including phenoxy) is 1. The van der Waals surface area contributed by atoms with E-state index in [9.17, 15) is 9.18 Å². The lowest BCUT2D eigenvalue weighted by Gasteiger charge is -2.15. The monoisotopic (exact) mass is 321 g/mol. The molecule has 0 spiro atoms. The third-order valence-corrected chi connectivity index (χ3v) is 3.48. The van der Waals surface area contributed by atoms with Crippen LogP contribution >= 0.6 is 11.6 Å². The Kier molecular flexibility index (Phi) is 5.39. The van der Waals surface area contributed by atoms with E-state index in [2.05, 4.69) is 5.32 Å². The Hall–Kier alpha value is -2.07. The lowest BCUT2D eigenvalue weighted by Crippen LogP contribution is -2.31. The Morgan fingerprint density at radius 3 is 2.59 bits per heavy atom. The van der Waals surface area contributed by atoms with Gasteiger partial charge in [-0.25, -0.2) is 4.39 Å². The van der Waals surface area contributed by atoms with E-state index in [1.807, 2.05) is 13.8 Å². The van der Waals surface area contributed by atoms with E-state index in [0.29, 0.717) is 10.8 Å². The van der Waals surface area contributed by atoms with Crippen molar-refractivity contribution in [3.05, 3.63) is 64.4 Å². The van der Waals surface area contributed by atoms with Crippen LogP contribution in [0.5, 0.6) is 5.75 Å². The fraction of sp³-hybridized carbons (Fsp3) is 0.235. The first-order valence-corrected chi connectivity index (χ1v) is 7.27. The first-order chi connectivity index (χ1) is 10.5. The summed E-state index contributed by atoms with van der Waals surface area (Å²) in [5.41, 5.74) is 1.70. The molecule has 0 aliphatic rings. The van der Waals surface area contributed by atoms with Crippen LogP contribution in [-0.4, -0.2) is 12.5 Å². The number of rotatable bonds is 5. The lowest BCUT2D eigenvalue weighted by molar-refractivity contribution is -0.123. The van der Waals surface area contributed by atoms with E-state index in [-0.39, 0.29) is 24.4 Å². The van der Waals surface area contributed by atoms with Crippen LogP contribution in [0.25, 0.3) is 0 Å². The molecule has 1 N–H and O–H groups in total. The molecule has 3 nitrogen and oxygen atoms in total. The van der Waals surface area contributed by atoms with Gasteiger partial charge in [0.2, 0.25) is 0 Å². The molecule has 0 aromatic heterocycles. The second kappa shape index (κ2) is 7.27. The van der Waals surface area contributed by atoms with E-state index >= 15 is 0 Å². The third-order valence-electron chi connectivity index (χ3n) is 3.24. The van der Waals surface area contributed by atoms with Gasteiger partial charge >= 0.3 is 0 Å². The van der Waals surface area contributed by atoms with Crippen molar-refractivity contribution in [1.82, 2.24) is 5.32 Å².